The quantitative estimate of drug-likeness (QED) is 0.209. The summed E-state index contributed by atoms with van der Waals surface area (Å²) in [6.07, 6.45) is -4.53. The van der Waals surface area contributed by atoms with Crippen LogP contribution in [0.3, 0.4) is 0 Å². The summed E-state index contributed by atoms with van der Waals surface area (Å²) in [5.74, 6) is -3.73. The van der Waals surface area contributed by atoms with Gasteiger partial charge in [-0.1, -0.05) is 12.1 Å². The van der Waals surface area contributed by atoms with E-state index in [0.29, 0.717) is 26.1 Å². The molecule has 278 valence electrons. The summed E-state index contributed by atoms with van der Waals surface area (Å²) in [5.41, 5.74) is -3.31. The number of hydrogen-bond donors (Lipinski definition) is 5. The number of fused-ring (bicyclic) bond motifs is 6. The van der Waals surface area contributed by atoms with Crippen molar-refractivity contribution in [2.24, 2.45) is 5.92 Å². The molecule has 16 heteroatoms. The maximum absolute atomic E-state index is 14.1. The van der Waals surface area contributed by atoms with E-state index in [1.165, 1.54) is 25.3 Å². The highest BCUT2D eigenvalue weighted by Gasteiger charge is 2.55. The predicted molar refractivity (Wildman–Crippen MR) is 176 cm³/mol. The van der Waals surface area contributed by atoms with Crippen LogP contribution < -0.4 is 15.4 Å². The SMILES string of the molecule is COc1cccc2c1C(=O)c1c(O)c3c(c(O)c1C2=O)C[C@@](O)(C(=O)NC[C@H]1CNC(=O)C1)C[C@@H]3O[C@H]1C[C@H]2[C@H](O[C@@H]3[C@@H](OC)OCCN32)[C@H](C)O1. The van der Waals surface area contributed by atoms with Gasteiger partial charge in [-0.2, -0.15) is 0 Å². The molecule has 2 amide bonds. The first-order valence-electron chi connectivity index (χ1n) is 17.4. The Bertz CT molecular complexity index is 1850. The molecule has 0 radical (unpaired) electrons. The second kappa shape index (κ2) is 13.1. The van der Waals surface area contributed by atoms with Crippen LogP contribution in [0.1, 0.15) is 75.3 Å². The minimum Gasteiger partial charge on any atom is -0.507 e. The molecule has 8 rings (SSSR count). The van der Waals surface area contributed by atoms with E-state index in [1.54, 1.807) is 7.11 Å². The third-order valence-corrected chi connectivity index (χ3v) is 11.2. The number of aliphatic hydroxyl groups is 1. The minimum atomic E-state index is -2.20. The maximum atomic E-state index is 14.1. The molecule has 2 aromatic rings. The number of phenolic OH excluding ortho intramolecular Hbond substituents is 2. The standard InChI is InChI=1S/C36H41N3O13/c1-15-32-19(39-7-8-49-34(48-3)33(39)52-32)10-23(50-15)51-21-12-36(46,35(45)38-14-16-9-22(40)37-13-16)11-18-25(21)31(44)27-26(29(18)42)28(41)17-5-4-6-20(47-2)24(17)30(27)43/h4-6,15-16,19,21,23,32-34,42,44,46H,7-14H2,1-3H3,(H,37,40)(H,38,45)/t15-,16+,19-,21-,23-,32+,33+,34-,36-/m0/s1. The van der Waals surface area contributed by atoms with Crippen molar-refractivity contribution in [1.82, 2.24) is 15.5 Å². The maximum Gasteiger partial charge on any atom is 0.252 e. The zero-order valence-electron chi connectivity index (χ0n) is 28.9. The van der Waals surface area contributed by atoms with E-state index >= 15 is 0 Å². The number of aromatic hydroxyl groups is 2. The molecule has 6 aliphatic rings. The molecule has 4 heterocycles. The van der Waals surface area contributed by atoms with Crippen LogP contribution in [0.4, 0.5) is 0 Å². The number of amides is 2. The lowest BCUT2D eigenvalue weighted by molar-refractivity contribution is -0.256. The summed E-state index contributed by atoms with van der Waals surface area (Å²) in [5, 5.41) is 41.3. The first kappa shape index (κ1) is 34.9. The number of benzene rings is 2. The molecule has 16 nitrogen and oxygen atoms in total. The van der Waals surface area contributed by atoms with Gasteiger partial charge in [0.25, 0.3) is 5.91 Å². The van der Waals surface area contributed by atoms with Crippen LogP contribution in [-0.2, 0) is 39.7 Å². The Morgan fingerprint density at radius 2 is 1.88 bits per heavy atom. The molecule has 2 aromatic carbocycles. The van der Waals surface area contributed by atoms with Crippen molar-refractivity contribution in [2.75, 3.05) is 40.5 Å². The van der Waals surface area contributed by atoms with Crippen LogP contribution in [0.2, 0.25) is 0 Å². The largest absolute Gasteiger partial charge is 0.507 e. The molecule has 0 bridgehead atoms. The highest BCUT2D eigenvalue weighted by atomic mass is 16.7. The Morgan fingerprint density at radius 1 is 1.10 bits per heavy atom. The van der Waals surface area contributed by atoms with Gasteiger partial charge < -0.3 is 54.4 Å². The van der Waals surface area contributed by atoms with Crippen LogP contribution >= 0.6 is 0 Å². The molecule has 4 fully saturated rings. The number of ketones is 2. The Morgan fingerprint density at radius 3 is 2.62 bits per heavy atom. The van der Waals surface area contributed by atoms with Gasteiger partial charge in [-0.25, -0.2) is 0 Å². The van der Waals surface area contributed by atoms with Gasteiger partial charge >= 0.3 is 0 Å². The number of carbonyl (C=O) groups is 4. The van der Waals surface area contributed by atoms with Crippen molar-refractivity contribution in [2.45, 2.75) is 81.4 Å². The summed E-state index contributed by atoms with van der Waals surface area (Å²) in [4.78, 5) is 55.6. The number of nitrogens with one attached hydrogen (secondary N) is 2. The van der Waals surface area contributed by atoms with Crippen LogP contribution in [0.15, 0.2) is 18.2 Å². The summed E-state index contributed by atoms with van der Waals surface area (Å²) < 4.78 is 35.8. The fourth-order valence-electron chi connectivity index (χ4n) is 8.71. The van der Waals surface area contributed by atoms with Crippen LogP contribution in [0, 0.1) is 5.92 Å². The van der Waals surface area contributed by atoms with Gasteiger partial charge in [-0.15, -0.1) is 0 Å². The van der Waals surface area contributed by atoms with Crippen molar-refractivity contribution in [3.05, 3.63) is 51.6 Å². The summed E-state index contributed by atoms with van der Waals surface area (Å²) in [6.45, 7) is 3.30. The number of hydrogen-bond acceptors (Lipinski definition) is 14. The molecule has 4 aliphatic heterocycles. The van der Waals surface area contributed by atoms with Crippen LogP contribution in [0.25, 0.3) is 0 Å². The molecular formula is C36H41N3O13. The minimum absolute atomic E-state index is 0.0297. The van der Waals surface area contributed by atoms with Gasteiger partial charge in [-0.05, 0) is 13.0 Å². The normalized spacial score (nSPS) is 33.7. The highest BCUT2D eigenvalue weighted by Crippen LogP contribution is 2.53. The van der Waals surface area contributed by atoms with Crippen LogP contribution in [0.5, 0.6) is 17.2 Å². The molecule has 0 saturated carbocycles. The van der Waals surface area contributed by atoms with E-state index in [2.05, 4.69) is 15.5 Å². The Hall–Kier alpha value is -4.16. The lowest BCUT2D eigenvalue weighted by Crippen LogP contribution is -2.55. The summed E-state index contributed by atoms with van der Waals surface area (Å²) in [6, 6.07) is 4.29. The number of methoxy groups -OCH3 is 2. The second-order valence-corrected chi connectivity index (χ2v) is 14.3. The molecule has 4 saturated heterocycles. The molecule has 5 N–H and O–H groups in total. The van der Waals surface area contributed by atoms with Crippen molar-refractivity contribution < 1.29 is 62.9 Å². The smallest absolute Gasteiger partial charge is 0.252 e. The van der Waals surface area contributed by atoms with Gasteiger partial charge in [-0.3, -0.25) is 24.1 Å². The van der Waals surface area contributed by atoms with E-state index in [4.69, 9.17) is 28.4 Å². The number of ether oxygens (including phenoxy) is 6. The molecule has 2 aliphatic carbocycles. The van der Waals surface area contributed by atoms with E-state index < -0.39 is 89.6 Å². The molecule has 0 aromatic heterocycles. The topological polar surface area (TPSA) is 212 Å². The molecular weight excluding hydrogens is 682 g/mol. The van der Waals surface area contributed by atoms with E-state index in [9.17, 15) is 34.5 Å². The molecule has 9 atom stereocenters. The van der Waals surface area contributed by atoms with E-state index in [0.717, 1.165) is 0 Å². The fourth-order valence-corrected chi connectivity index (χ4v) is 8.71. The third kappa shape index (κ3) is 5.47. The van der Waals surface area contributed by atoms with Gasteiger partial charge in [0.1, 0.15) is 29.0 Å². The molecule has 0 spiro atoms. The average Bonchev–Trinajstić information content (AvgIpc) is 3.73. The zero-order valence-corrected chi connectivity index (χ0v) is 28.9. The second-order valence-electron chi connectivity index (χ2n) is 14.3. The first-order valence-corrected chi connectivity index (χ1v) is 17.4. The average molecular weight is 724 g/mol. The summed E-state index contributed by atoms with van der Waals surface area (Å²) in [7, 11) is 2.89. The molecule has 0 unspecified atom stereocenters. The summed E-state index contributed by atoms with van der Waals surface area (Å²) >= 11 is 0. The van der Waals surface area contributed by atoms with Gasteiger partial charge in [0, 0.05) is 81.1 Å². The predicted octanol–water partition coefficient (Wildman–Crippen LogP) is 0.402. The lowest BCUT2D eigenvalue weighted by atomic mass is 9.72. The fraction of sp³-hybridized carbons (Fsp3) is 0.556. The Kier molecular flexibility index (Phi) is 8.76. The third-order valence-electron chi connectivity index (χ3n) is 11.2. The van der Waals surface area contributed by atoms with Crippen molar-refractivity contribution in [1.29, 1.82) is 0 Å². The number of rotatable bonds is 7. The van der Waals surface area contributed by atoms with E-state index in [-0.39, 0.29) is 64.9 Å². The first-order chi connectivity index (χ1) is 24.9. The van der Waals surface area contributed by atoms with Gasteiger partial charge in [0.15, 0.2) is 24.6 Å². The van der Waals surface area contributed by atoms with Crippen molar-refractivity contribution >= 4 is 23.4 Å². The number of morpholine rings is 1. The van der Waals surface area contributed by atoms with Crippen molar-refractivity contribution in [3.8, 4) is 17.2 Å². The zero-order chi connectivity index (χ0) is 36.6. The van der Waals surface area contributed by atoms with Gasteiger partial charge in [0.05, 0.1) is 42.6 Å². The van der Waals surface area contributed by atoms with Crippen LogP contribution in [-0.4, -0.2) is 127 Å². The monoisotopic (exact) mass is 723 g/mol. The lowest BCUT2D eigenvalue weighted by Gasteiger charge is -2.43. The molecule has 52 heavy (non-hydrogen) atoms. The highest BCUT2D eigenvalue weighted by molar-refractivity contribution is 6.31. The number of nitrogens with zero attached hydrogens (tertiary/aromatic N) is 1. The Labute approximate surface area is 298 Å². The van der Waals surface area contributed by atoms with Crippen molar-refractivity contribution in [3.63, 3.8) is 0 Å². The van der Waals surface area contributed by atoms with Gasteiger partial charge in [0.2, 0.25) is 11.7 Å². The van der Waals surface area contributed by atoms with E-state index in [1.807, 2.05) is 6.92 Å². The number of phenols is 2. The number of carbonyl (C=O) groups excluding carboxylic acids is 4. The Balaban J connectivity index is 1.17.